The van der Waals surface area contributed by atoms with E-state index in [0.717, 1.165) is 5.52 Å². The lowest BCUT2D eigenvalue weighted by Crippen LogP contribution is -2.44. The summed E-state index contributed by atoms with van der Waals surface area (Å²) in [6, 6.07) is 13.7. The van der Waals surface area contributed by atoms with Gasteiger partial charge in [0.15, 0.2) is 11.6 Å². The molecule has 0 saturated carbocycles. The molecule has 2 aromatic carbocycles. The second-order valence-corrected chi connectivity index (χ2v) is 9.72. The first-order valence-corrected chi connectivity index (χ1v) is 11.9. The topological polar surface area (TPSA) is 95.9 Å². The molecule has 1 amide bonds. The summed E-state index contributed by atoms with van der Waals surface area (Å²) in [4.78, 5) is 26.5. The first kappa shape index (κ1) is 20.8. The molecule has 0 aliphatic carbocycles. The van der Waals surface area contributed by atoms with Crippen molar-refractivity contribution in [3.8, 4) is 0 Å². The molecule has 1 saturated heterocycles. The first-order valence-electron chi connectivity index (χ1n) is 10.4. The van der Waals surface area contributed by atoms with Gasteiger partial charge in [-0.05, 0) is 30.3 Å². The first-order chi connectivity index (χ1) is 15.4. The fourth-order valence-electron chi connectivity index (χ4n) is 3.96. The molecule has 0 N–H and O–H groups in total. The molecular weight excluding hydrogens is 430 g/mol. The van der Waals surface area contributed by atoms with Gasteiger partial charge < -0.3 is 9.64 Å². The highest BCUT2D eigenvalue weighted by Crippen LogP contribution is 2.32. The van der Waals surface area contributed by atoms with Crippen molar-refractivity contribution in [2.75, 3.05) is 56.2 Å². The number of hydrogen-bond donors (Lipinski definition) is 0. The molecular formula is C22H23N5O4S. The number of nitrogens with zero attached hydrogens (tertiary/aromatic N) is 5. The third kappa shape index (κ3) is 3.60. The van der Waals surface area contributed by atoms with Gasteiger partial charge in [0.1, 0.15) is 0 Å². The van der Waals surface area contributed by atoms with Crippen molar-refractivity contribution in [3.63, 3.8) is 0 Å². The number of aromatic nitrogens is 2. The van der Waals surface area contributed by atoms with Gasteiger partial charge in [0.2, 0.25) is 10.0 Å². The van der Waals surface area contributed by atoms with Crippen LogP contribution in [0.15, 0.2) is 53.4 Å². The van der Waals surface area contributed by atoms with E-state index in [1.165, 1.54) is 16.4 Å². The van der Waals surface area contributed by atoms with E-state index < -0.39 is 10.0 Å². The Bertz CT molecular complexity index is 1290. The summed E-state index contributed by atoms with van der Waals surface area (Å²) in [7, 11) is -1.78. The van der Waals surface area contributed by atoms with E-state index in [0.29, 0.717) is 62.1 Å². The van der Waals surface area contributed by atoms with Gasteiger partial charge in [-0.25, -0.2) is 18.4 Å². The predicted molar refractivity (Wildman–Crippen MR) is 121 cm³/mol. The Morgan fingerprint density at radius 2 is 1.59 bits per heavy atom. The minimum absolute atomic E-state index is 0.101. The molecule has 10 heteroatoms. The van der Waals surface area contributed by atoms with Gasteiger partial charge in [0.05, 0.1) is 29.1 Å². The number of carbonyl (C=O) groups excluding carboxylic acids is 1. The average molecular weight is 454 g/mol. The van der Waals surface area contributed by atoms with E-state index in [1.54, 1.807) is 17.0 Å². The summed E-state index contributed by atoms with van der Waals surface area (Å²) in [6.45, 7) is 2.35. The van der Waals surface area contributed by atoms with Crippen LogP contribution in [-0.4, -0.2) is 75.0 Å². The van der Waals surface area contributed by atoms with E-state index >= 15 is 0 Å². The number of hydrogen-bond acceptors (Lipinski definition) is 7. The highest BCUT2D eigenvalue weighted by atomic mass is 32.2. The van der Waals surface area contributed by atoms with Gasteiger partial charge >= 0.3 is 0 Å². The Morgan fingerprint density at radius 3 is 2.31 bits per heavy atom. The third-order valence-electron chi connectivity index (χ3n) is 5.74. The Morgan fingerprint density at radius 1 is 0.906 bits per heavy atom. The smallest absolute Gasteiger partial charge is 0.259 e. The molecule has 3 aromatic rings. The summed E-state index contributed by atoms with van der Waals surface area (Å²) in [5.74, 6) is 0.798. The molecule has 5 rings (SSSR count). The van der Waals surface area contributed by atoms with Crippen molar-refractivity contribution in [3.05, 3.63) is 54.1 Å². The van der Waals surface area contributed by atoms with E-state index in [4.69, 9.17) is 14.7 Å². The number of anilines is 2. The van der Waals surface area contributed by atoms with Crippen molar-refractivity contribution in [2.45, 2.75) is 4.90 Å². The molecule has 0 atom stereocenters. The molecule has 0 spiro atoms. The van der Waals surface area contributed by atoms with Gasteiger partial charge in [0, 0.05) is 38.8 Å². The zero-order valence-corrected chi connectivity index (χ0v) is 18.5. The molecule has 32 heavy (non-hydrogen) atoms. The average Bonchev–Trinajstić information content (AvgIpc) is 2.83. The minimum atomic E-state index is -3.70. The van der Waals surface area contributed by atoms with Crippen LogP contribution in [0.5, 0.6) is 0 Å². The second-order valence-electron chi connectivity index (χ2n) is 7.78. The SMILES string of the molecule is CN1CCN(C(=O)c2cccc(S(=O)(=O)N3CCOCC3)c2)c2nc3ccccc3nc21. The molecule has 166 valence electrons. The maximum absolute atomic E-state index is 13.5. The number of carbonyl (C=O) groups is 1. The monoisotopic (exact) mass is 453 g/mol. The number of fused-ring (bicyclic) bond motifs is 2. The summed E-state index contributed by atoms with van der Waals surface area (Å²) in [5, 5.41) is 0. The van der Waals surface area contributed by atoms with Gasteiger partial charge in [-0.15, -0.1) is 0 Å². The number of amides is 1. The van der Waals surface area contributed by atoms with E-state index in [-0.39, 0.29) is 10.8 Å². The quantitative estimate of drug-likeness (QED) is 0.596. The van der Waals surface area contributed by atoms with Crippen molar-refractivity contribution in [2.24, 2.45) is 0 Å². The van der Waals surface area contributed by atoms with Crippen LogP contribution in [0.4, 0.5) is 11.6 Å². The zero-order valence-electron chi connectivity index (χ0n) is 17.6. The van der Waals surface area contributed by atoms with E-state index in [1.807, 2.05) is 36.2 Å². The molecule has 1 fully saturated rings. The number of morpholine rings is 1. The van der Waals surface area contributed by atoms with E-state index in [2.05, 4.69) is 0 Å². The number of rotatable bonds is 3. The highest BCUT2D eigenvalue weighted by molar-refractivity contribution is 7.89. The number of likely N-dealkylation sites (N-methyl/N-ethyl adjacent to an activating group) is 1. The third-order valence-corrected chi connectivity index (χ3v) is 7.64. The molecule has 2 aliphatic heterocycles. The Hall–Kier alpha value is -3.08. The molecule has 3 heterocycles. The number of sulfonamides is 1. The van der Waals surface area contributed by atoms with E-state index in [9.17, 15) is 13.2 Å². The molecule has 9 nitrogen and oxygen atoms in total. The number of ether oxygens (including phenoxy) is 1. The van der Waals surface area contributed by atoms with Crippen molar-refractivity contribution >= 4 is 38.6 Å². The molecule has 0 unspecified atom stereocenters. The van der Waals surface area contributed by atoms with Crippen molar-refractivity contribution in [1.29, 1.82) is 0 Å². The number of benzene rings is 2. The van der Waals surface area contributed by atoms with Gasteiger partial charge in [-0.3, -0.25) is 9.69 Å². The highest BCUT2D eigenvalue weighted by Gasteiger charge is 2.31. The van der Waals surface area contributed by atoms with Crippen LogP contribution in [-0.2, 0) is 14.8 Å². The van der Waals surface area contributed by atoms with Crippen molar-refractivity contribution in [1.82, 2.24) is 14.3 Å². The Balaban J connectivity index is 1.51. The summed E-state index contributed by atoms with van der Waals surface area (Å²) in [6.07, 6.45) is 0. The predicted octanol–water partition coefficient (Wildman–Crippen LogP) is 1.75. The van der Waals surface area contributed by atoms with Crippen LogP contribution >= 0.6 is 0 Å². The van der Waals surface area contributed by atoms with Crippen LogP contribution in [0.1, 0.15) is 10.4 Å². The van der Waals surface area contributed by atoms with Gasteiger partial charge in [-0.2, -0.15) is 4.31 Å². The Labute approximate surface area is 186 Å². The van der Waals surface area contributed by atoms with Crippen LogP contribution in [0.25, 0.3) is 11.0 Å². The molecule has 0 radical (unpaired) electrons. The fraction of sp³-hybridized carbons (Fsp3) is 0.318. The summed E-state index contributed by atoms with van der Waals surface area (Å²) < 4.78 is 32.7. The van der Waals surface area contributed by atoms with Gasteiger partial charge in [0.25, 0.3) is 5.91 Å². The van der Waals surface area contributed by atoms with Crippen LogP contribution in [0.2, 0.25) is 0 Å². The largest absolute Gasteiger partial charge is 0.379 e. The van der Waals surface area contributed by atoms with Crippen LogP contribution < -0.4 is 9.80 Å². The van der Waals surface area contributed by atoms with Gasteiger partial charge in [-0.1, -0.05) is 18.2 Å². The van der Waals surface area contributed by atoms with Crippen LogP contribution in [0, 0.1) is 0 Å². The summed E-state index contributed by atoms with van der Waals surface area (Å²) >= 11 is 0. The normalized spacial score (nSPS) is 17.4. The second kappa shape index (κ2) is 8.12. The molecule has 0 bridgehead atoms. The lowest BCUT2D eigenvalue weighted by atomic mass is 10.2. The molecule has 1 aromatic heterocycles. The minimum Gasteiger partial charge on any atom is -0.379 e. The van der Waals surface area contributed by atoms with Crippen molar-refractivity contribution < 1.29 is 17.9 Å². The maximum Gasteiger partial charge on any atom is 0.259 e. The zero-order chi connectivity index (χ0) is 22.3. The fourth-order valence-corrected chi connectivity index (χ4v) is 5.41. The lowest BCUT2D eigenvalue weighted by molar-refractivity contribution is 0.0730. The van der Waals surface area contributed by atoms with Crippen LogP contribution in [0.3, 0.4) is 0 Å². The maximum atomic E-state index is 13.5. The molecule has 2 aliphatic rings. The lowest BCUT2D eigenvalue weighted by Gasteiger charge is -2.34. The summed E-state index contributed by atoms with van der Waals surface area (Å²) in [5.41, 5.74) is 1.75. The Kier molecular flexibility index (Phi) is 5.28. The number of para-hydroxylation sites is 2. The standard InChI is InChI=1S/C22H23N5O4S/c1-25-9-10-27(21-20(25)23-18-7-2-3-8-19(18)24-21)22(28)16-5-4-6-17(15-16)32(29,30)26-11-13-31-14-12-26/h2-8,15H,9-14H2,1H3.